The van der Waals surface area contributed by atoms with Gasteiger partial charge in [0.05, 0.1) is 4.88 Å². The van der Waals surface area contributed by atoms with Crippen LogP contribution in [-0.4, -0.2) is 31.5 Å². The highest BCUT2D eigenvalue weighted by Gasteiger charge is 2.27. The summed E-state index contributed by atoms with van der Waals surface area (Å²) in [6.45, 7) is 3.06. The highest BCUT2D eigenvalue weighted by molar-refractivity contribution is 7.15. The summed E-state index contributed by atoms with van der Waals surface area (Å²) < 4.78 is 7.05. The van der Waals surface area contributed by atoms with Crippen LogP contribution in [0.25, 0.3) is 11.5 Å². The van der Waals surface area contributed by atoms with Crippen LogP contribution in [-0.2, 0) is 11.3 Å². The Morgan fingerprint density at radius 2 is 2.40 bits per heavy atom. The van der Waals surface area contributed by atoms with E-state index in [4.69, 9.17) is 10.5 Å². The van der Waals surface area contributed by atoms with Crippen molar-refractivity contribution in [2.24, 2.45) is 5.92 Å². The molecule has 0 radical (unpaired) electrons. The van der Waals surface area contributed by atoms with E-state index in [0.29, 0.717) is 34.1 Å². The standard InChI is InChI=1S/C12H17N5O2S/c1-2-19-11(18)9-8(16-12(13)20-9)10-14-6-15-17(10)5-7-3-4-7/h6-7,11,18H,2-5H2,1H3,(H2,13,16). The Balaban J connectivity index is 1.94. The van der Waals surface area contributed by atoms with Gasteiger partial charge in [-0.05, 0) is 25.7 Å². The first-order valence-corrected chi connectivity index (χ1v) is 7.44. The number of ether oxygens (including phenoxy) is 1. The van der Waals surface area contributed by atoms with E-state index >= 15 is 0 Å². The Hall–Kier alpha value is -1.51. The Kier molecular flexibility index (Phi) is 3.68. The fourth-order valence-electron chi connectivity index (χ4n) is 2.04. The van der Waals surface area contributed by atoms with E-state index in [0.717, 1.165) is 6.54 Å². The van der Waals surface area contributed by atoms with Crippen molar-refractivity contribution in [3.8, 4) is 11.5 Å². The largest absolute Gasteiger partial charge is 0.375 e. The monoisotopic (exact) mass is 295 g/mol. The molecule has 1 aliphatic carbocycles. The molecule has 0 aliphatic heterocycles. The van der Waals surface area contributed by atoms with E-state index in [9.17, 15) is 5.11 Å². The number of thiazole rings is 1. The van der Waals surface area contributed by atoms with Gasteiger partial charge < -0.3 is 15.6 Å². The molecular weight excluding hydrogens is 278 g/mol. The molecule has 1 aliphatic rings. The minimum Gasteiger partial charge on any atom is -0.375 e. The van der Waals surface area contributed by atoms with E-state index < -0.39 is 6.29 Å². The van der Waals surface area contributed by atoms with E-state index in [1.54, 1.807) is 0 Å². The maximum atomic E-state index is 10.0. The second-order valence-electron chi connectivity index (χ2n) is 4.78. The number of aliphatic hydroxyl groups is 1. The first-order chi connectivity index (χ1) is 9.69. The zero-order chi connectivity index (χ0) is 14.1. The third kappa shape index (κ3) is 2.67. The van der Waals surface area contributed by atoms with Crippen molar-refractivity contribution in [1.82, 2.24) is 19.7 Å². The SMILES string of the molecule is CCOC(O)c1sc(N)nc1-c1ncnn1CC1CC1. The molecular formula is C12H17N5O2S. The van der Waals surface area contributed by atoms with Gasteiger partial charge >= 0.3 is 0 Å². The molecule has 1 fully saturated rings. The van der Waals surface area contributed by atoms with Gasteiger partial charge in [0.25, 0.3) is 0 Å². The average molecular weight is 295 g/mol. The molecule has 2 aromatic rings. The molecule has 1 atom stereocenters. The second-order valence-corrected chi connectivity index (χ2v) is 5.84. The summed E-state index contributed by atoms with van der Waals surface area (Å²) in [6, 6.07) is 0. The summed E-state index contributed by atoms with van der Waals surface area (Å²) in [5, 5.41) is 14.7. The topological polar surface area (TPSA) is 99.1 Å². The van der Waals surface area contributed by atoms with Crippen LogP contribution < -0.4 is 5.73 Å². The van der Waals surface area contributed by atoms with Crippen molar-refractivity contribution in [2.45, 2.75) is 32.6 Å². The third-order valence-corrected chi connectivity index (χ3v) is 4.09. The molecule has 108 valence electrons. The van der Waals surface area contributed by atoms with Gasteiger partial charge in [-0.1, -0.05) is 11.3 Å². The van der Waals surface area contributed by atoms with Gasteiger partial charge in [0.2, 0.25) is 0 Å². The third-order valence-electron chi connectivity index (χ3n) is 3.17. The summed E-state index contributed by atoms with van der Waals surface area (Å²) in [7, 11) is 0. The van der Waals surface area contributed by atoms with Crippen LogP contribution in [0.5, 0.6) is 0 Å². The molecule has 7 nitrogen and oxygen atoms in total. The van der Waals surface area contributed by atoms with Gasteiger partial charge in [0, 0.05) is 13.2 Å². The molecule has 8 heteroatoms. The van der Waals surface area contributed by atoms with Crippen LogP contribution in [0.2, 0.25) is 0 Å². The predicted octanol–water partition coefficient (Wildman–Crippen LogP) is 1.42. The molecule has 1 saturated carbocycles. The smallest absolute Gasteiger partial charge is 0.192 e. The Morgan fingerprint density at radius 3 is 3.10 bits per heavy atom. The van der Waals surface area contributed by atoms with Crippen LogP contribution in [0.3, 0.4) is 0 Å². The zero-order valence-electron chi connectivity index (χ0n) is 11.2. The predicted molar refractivity (Wildman–Crippen MR) is 74.9 cm³/mol. The van der Waals surface area contributed by atoms with Crippen molar-refractivity contribution in [2.75, 3.05) is 12.3 Å². The summed E-state index contributed by atoms with van der Waals surface area (Å²) in [5.74, 6) is 1.31. The minimum atomic E-state index is -1.03. The van der Waals surface area contributed by atoms with Gasteiger partial charge in [0.15, 0.2) is 17.2 Å². The first kappa shape index (κ1) is 13.5. The number of hydrogen-bond acceptors (Lipinski definition) is 7. The van der Waals surface area contributed by atoms with Crippen LogP contribution in [0.4, 0.5) is 5.13 Å². The van der Waals surface area contributed by atoms with Crippen molar-refractivity contribution in [1.29, 1.82) is 0 Å². The lowest BCUT2D eigenvalue weighted by atomic mass is 10.3. The molecule has 1 unspecified atom stereocenters. The molecule has 20 heavy (non-hydrogen) atoms. The molecule has 3 rings (SSSR count). The van der Waals surface area contributed by atoms with E-state index in [-0.39, 0.29) is 0 Å². The summed E-state index contributed by atoms with van der Waals surface area (Å²) in [4.78, 5) is 9.11. The number of rotatable bonds is 6. The first-order valence-electron chi connectivity index (χ1n) is 6.63. The fourth-order valence-corrected chi connectivity index (χ4v) is 2.80. The maximum Gasteiger partial charge on any atom is 0.192 e. The Labute approximate surface area is 120 Å². The highest BCUT2D eigenvalue weighted by atomic mass is 32.1. The Bertz CT molecular complexity index is 592. The van der Waals surface area contributed by atoms with Crippen molar-refractivity contribution in [3.05, 3.63) is 11.2 Å². The number of aliphatic hydroxyl groups excluding tert-OH is 1. The lowest BCUT2D eigenvalue weighted by Gasteiger charge is -2.10. The molecule has 0 spiro atoms. The number of aromatic nitrogens is 4. The van der Waals surface area contributed by atoms with Crippen LogP contribution in [0.15, 0.2) is 6.33 Å². The normalized spacial score (nSPS) is 16.5. The molecule has 0 bridgehead atoms. The van der Waals surface area contributed by atoms with Gasteiger partial charge in [-0.2, -0.15) is 5.10 Å². The van der Waals surface area contributed by atoms with Gasteiger partial charge in [0.1, 0.15) is 12.0 Å². The van der Waals surface area contributed by atoms with E-state index in [2.05, 4.69) is 15.1 Å². The molecule has 0 saturated heterocycles. The van der Waals surface area contributed by atoms with Crippen molar-refractivity contribution < 1.29 is 9.84 Å². The minimum absolute atomic E-state index is 0.384. The highest BCUT2D eigenvalue weighted by Crippen LogP contribution is 2.36. The van der Waals surface area contributed by atoms with Crippen molar-refractivity contribution >= 4 is 16.5 Å². The summed E-state index contributed by atoms with van der Waals surface area (Å²) >= 11 is 1.21. The average Bonchev–Trinajstić information content (AvgIpc) is 2.96. The van der Waals surface area contributed by atoms with Crippen molar-refractivity contribution in [3.63, 3.8) is 0 Å². The zero-order valence-corrected chi connectivity index (χ0v) is 12.0. The van der Waals surface area contributed by atoms with E-state index in [1.807, 2.05) is 11.6 Å². The Morgan fingerprint density at radius 1 is 1.60 bits per heavy atom. The number of nitrogens with zero attached hydrogens (tertiary/aromatic N) is 4. The lowest BCUT2D eigenvalue weighted by molar-refractivity contribution is -0.0953. The van der Waals surface area contributed by atoms with Gasteiger partial charge in [-0.15, -0.1) is 0 Å². The van der Waals surface area contributed by atoms with Gasteiger partial charge in [-0.3, -0.25) is 0 Å². The molecule has 0 aromatic carbocycles. The molecule has 2 heterocycles. The molecule has 0 amide bonds. The maximum absolute atomic E-state index is 10.0. The summed E-state index contributed by atoms with van der Waals surface area (Å²) in [5.41, 5.74) is 6.33. The molecule has 2 aromatic heterocycles. The second kappa shape index (κ2) is 5.47. The van der Waals surface area contributed by atoms with Gasteiger partial charge in [-0.25, -0.2) is 14.6 Å². The summed E-state index contributed by atoms with van der Waals surface area (Å²) in [6.07, 6.45) is 2.93. The fraction of sp³-hybridized carbons (Fsp3) is 0.583. The number of hydrogen-bond donors (Lipinski definition) is 2. The van der Waals surface area contributed by atoms with Crippen LogP contribution >= 0.6 is 11.3 Å². The number of nitrogen functional groups attached to an aromatic ring is 1. The lowest BCUT2D eigenvalue weighted by Crippen LogP contribution is -2.07. The quantitative estimate of drug-likeness (QED) is 0.782. The number of anilines is 1. The molecule has 3 N–H and O–H groups in total. The van der Waals surface area contributed by atoms with Crippen LogP contribution in [0, 0.1) is 5.92 Å². The van der Waals surface area contributed by atoms with Crippen LogP contribution in [0.1, 0.15) is 30.9 Å². The van der Waals surface area contributed by atoms with E-state index in [1.165, 1.54) is 30.5 Å². The number of nitrogens with two attached hydrogens (primary N) is 1.